The molecule has 40 heavy (non-hydrogen) atoms. The van der Waals surface area contributed by atoms with Crippen molar-refractivity contribution in [3.63, 3.8) is 0 Å². The number of nitrogens with zero attached hydrogens (tertiary/aromatic N) is 4. The maximum Gasteiger partial charge on any atom is 0.275 e. The van der Waals surface area contributed by atoms with Crippen LogP contribution in [0.25, 0.3) is 0 Å². The highest BCUT2D eigenvalue weighted by Crippen LogP contribution is 2.32. The summed E-state index contributed by atoms with van der Waals surface area (Å²) in [4.78, 5) is 35.2. The molecule has 11 heteroatoms. The van der Waals surface area contributed by atoms with E-state index in [0.717, 1.165) is 67.3 Å². The minimum absolute atomic E-state index is 0.0282. The highest BCUT2D eigenvalue weighted by atomic mass is 32.2. The number of rotatable bonds is 16. The first-order chi connectivity index (χ1) is 19.1. The molecular weight excluding hydrogens is 546 g/mol. The summed E-state index contributed by atoms with van der Waals surface area (Å²) in [6.07, 6.45) is 9.94. The summed E-state index contributed by atoms with van der Waals surface area (Å²) >= 11 is 2.88. The molecule has 218 valence electrons. The minimum Gasteiger partial charge on any atom is -0.444 e. The van der Waals surface area contributed by atoms with Crippen molar-refractivity contribution in [1.82, 2.24) is 9.97 Å². The van der Waals surface area contributed by atoms with E-state index in [-0.39, 0.29) is 23.4 Å². The number of oxazole rings is 1. The van der Waals surface area contributed by atoms with Crippen LogP contribution in [-0.4, -0.2) is 33.9 Å². The number of benzene rings is 1. The quantitative estimate of drug-likeness (QED) is 0.0776. The van der Waals surface area contributed by atoms with Crippen molar-refractivity contribution in [2.45, 2.75) is 94.9 Å². The average Bonchev–Trinajstić information content (AvgIpc) is 3.56. The number of hydrogen-bond donors (Lipinski definition) is 1. The van der Waals surface area contributed by atoms with Gasteiger partial charge in [0.2, 0.25) is 11.8 Å². The van der Waals surface area contributed by atoms with Gasteiger partial charge in [-0.15, -0.1) is 11.8 Å². The van der Waals surface area contributed by atoms with Gasteiger partial charge in [-0.2, -0.15) is 0 Å². The van der Waals surface area contributed by atoms with Crippen LogP contribution in [0.15, 0.2) is 39.2 Å². The molecule has 2 heterocycles. The lowest BCUT2D eigenvalue weighted by Gasteiger charge is -2.25. The number of nitrogens with one attached hydrogen (secondary N) is 1. The summed E-state index contributed by atoms with van der Waals surface area (Å²) in [5.41, 5.74) is 1.10. The molecule has 1 aromatic carbocycles. The summed E-state index contributed by atoms with van der Waals surface area (Å²) in [6, 6.07) is 5.23. The van der Waals surface area contributed by atoms with E-state index in [1.54, 1.807) is 24.5 Å². The van der Waals surface area contributed by atoms with Crippen LogP contribution < -0.4 is 10.2 Å². The molecule has 1 N–H and O–H groups in total. The average molecular weight is 588 g/mol. The zero-order valence-electron chi connectivity index (χ0n) is 24.2. The van der Waals surface area contributed by atoms with Crippen molar-refractivity contribution < 1.29 is 14.1 Å². The van der Waals surface area contributed by atoms with Crippen LogP contribution in [0.1, 0.15) is 90.4 Å². The van der Waals surface area contributed by atoms with Gasteiger partial charge in [-0.05, 0) is 25.0 Å². The molecule has 0 radical (unpaired) electrons. The predicted molar refractivity (Wildman–Crippen MR) is 164 cm³/mol. The van der Waals surface area contributed by atoms with Crippen molar-refractivity contribution in [3.8, 4) is 0 Å². The fourth-order valence-corrected chi connectivity index (χ4v) is 5.86. The summed E-state index contributed by atoms with van der Waals surface area (Å²) in [5.74, 6) is 1.69. The number of nitro benzene ring substituents is 1. The van der Waals surface area contributed by atoms with E-state index in [9.17, 15) is 14.9 Å². The molecule has 3 rings (SSSR count). The summed E-state index contributed by atoms with van der Waals surface area (Å²) in [7, 11) is 0. The van der Waals surface area contributed by atoms with Gasteiger partial charge in [0.15, 0.2) is 5.13 Å². The second kappa shape index (κ2) is 15.2. The van der Waals surface area contributed by atoms with E-state index in [4.69, 9.17) is 4.42 Å². The first-order valence-corrected chi connectivity index (χ1v) is 15.8. The van der Waals surface area contributed by atoms with Gasteiger partial charge in [0.25, 0.3) is 5.69 Å². The van der Waals surface area contributed by atoms with E-state index >= 15 is 0 Å². The second-order valence-corrected chi connectivity index (χ2v) is 13.1. The third kappa shape index (κ3) is 9.62. The molecule has 9 nitrogen and oxygen atoms in total. The van der Waals surface area contributed by atoms with Crippen molar-refractivity contribution in [2.75, 3.05) is 23.3 Å². The molecule has 0 fully saturated rings. The van der Waals surface area contributed by atoms with Crippen molar-refractivity contribution in [3.05, 3.63) is 57.9 Å². The molecular formula is C29H41N5O4S2. The molecule has 0 saturated carbocycles. The molecule has 0 unspecified atom stereocenters. The lowest BCUT2D eigenvalue weighted by molar-refractivity contribution is -0.385. The highest BCUT2D eigenvalue weighted by Gasteiger charge is 2.21. The Morgan fingerprint density at radius 1 is 1.10 bits per heavy atom. The van der Waals surface area contributed by atoms with Crippen LogP contribution in [0.5, 0.6) is 0 Å². The van der Waals surface area contributed by atoms with Crippen molar-refractivity contribution in [2.24, 2.45) is 0 Å². The Balaban J connectivity index is 1.62. The normalized spacial score (nSPS) is 11.5. The molecule has 0 aliphatic carbocycles. The number of thioether (sulfide) groups is 1. The lowest BCUT2D eigenvalue weighted by atomic mass is 9.94. The summed E-state index contributed by atoms with van der Waals surface area (Å²) in [6.45, 7) is 12.3. The van der Waals surface area contributed by atoms with Crippen LogP contribution in [0.2, 0.25) is 0 Å². The van der Waals surface area contributed by atoms with E-state index < -0.39 is 4.92 Å². The predicted octanol–water partition coefficient (Wildman–Crippen LogP) is 8.00. The van der Waals surface area contributed by atoms with Crippen LogP contribution >= 0.6 is 23.1 Å². The van der Waals surface area contributed by atoms with E-state index in [1.165, 1.54) is 23.1 Å². The largest absolute Gasteiger partial charge is 0.444 e. The molecule has 0 bridgehead atoms. The van der Waals surface area contributed by atoms with Crippen LogP contribution in [0.4, 0.5) is 16.5 Å². The SMILES string of the molecule is CCCCCN(CCCCC)c1ccc(CC(=O)Nc2ncc(SCc3ncc(C(C)(C)C)o3)s2)c([N+](=O)[O-])c1. The maximum atomic E-state index is 12.8. The number of amides is 1. The zero-order valence-corrected chi connectivity index (χ0v) is 25.8. The van der Waals surface area contributed by atoms with Crippen molar-refractivity contribution in [1.29, 1.82) is 0 Å². The van der Waals surface area contributed by atoms with Gasteiger partial charge in [-0.1, -0.05) is 71.6 Å². The highest BCUT2D eigenvalue weighted by molar-refractivity contribution is 8.00. The molecule has 0 atom stereocenters. The lowest BCUT2D eigenvalue weighted by Crippen LogP contribution is -2.26. The molecule has 0 spiro atoms. The Hall–Kier alpha value is -2.92. The first-order valence-electron chi connectivity index (χ1n) is 14.0. The Kier molecular flexibility index (Phi) is 12.0. The Bertz CT molecular complexity index is 1240. The first kappa shape index (κ1) is 31.6. The van der Waals surface area contributed by atoms with Gasteiger partial charge in [0.1, 0.15) is 5.76 Å². The summed E-state index contributed by atoms with van der Waals surface area (Å²) < 4.78 is 6.74. The summed E-state index contributed by atoms with van der Waals surface area (Å²) in [5, 5.41) is 15.2. The third-order valence-corrected chi connectivity index (χ3v) is 8.50. The number of carbonyl (C=O) groups is 1. The molecule has 2 aromatic heterocycles. The topological polar surface area (TPSA) is 114 Å². The van der Waals surface area contributed by atoms with Gasteiger partial charge in [0.05, 0.1) is 33.7 Å². The number of unbranched alkanes of at least 4 members (excludes halogenated alkanes) is 4. The maximum absolute atomic E-state index is 12.8. The van der Waals surface area contributed by atoms with E-state index in [2.05, 4.69) is 54.8 Å². The zero-order chi connectivity index (χ0) is 29.1. The molecule has 0 saturated heterocycles. The number of aromatic nitrogens is 2. The Morgan fingerprint density at radius 2 is 1.80 bits per heavy atom. The van der Waals surface area contributed by atoms with Gasteiger partial charge in [-0.3, -0.25) is 14.9 Å². The van der Waals surface area contributed by atoms with Crippen LogP contribution in [-0.2, 0) is 22.4 Å². The van der Waals surface area contributed by atoms with Crippen molar-refractivity contribution >= 4 is 45.5 Å². The number of anilines is 2. The van der Waals surface area contributed by atoms with E-state index in [0.29, 0.717) is 22.3 Å². The van der Waals surface area contributed by atoms with Crippen LogP contribution in [0, 0.1) is 10.1 Å². The van der Waals surface area contributed by atoms with Gasteiger partial charge in [0, 0.05) is 35.8 Å². The standard InChI is InChI=1S/C29H41N5O4S2/c1-6-8-10-14-33(15-11-9-7-2)22-13-12-21(23(17-22)34(36)37)16-25(35)32-28-31-19-27(40-28)39-20-26-30-18-24(38-26)29(3,4)5/h12-13,17-19H,6-11,14-16,20H2,1-5H3,(H,31,32,35). The number of hydrogen-bond acceptors (Lipinski definition) is 9. The second-order valence-electron chi connectivity index (χ2n) is 10.8. The Morgan fingerprint density at radius 3 is 2.40 bits per heavy atom. The molecule has 0 aliphatic rings. The van der Waals surface area contributed by atoms with Crippen LogP contribution in [0.3, 0.4) is 0 Å². The third-order valence-electron chi connectivity index (χ3n) is 6.41. The van der Waals surface area contributed by atoms with Gasteiger partial charge in [-0.25, -0.2) is 9.97 Å². The smallest absolute Gasteiger partial charge is 0.275 e. The minimum atomic E-state index is -0.395. The Labute approximate surface area is 245 Å². The van der Waals surface area contributed by atoms with E-state index in [1.807, 2.05) is 6.07 Å². The van der Waals surface area contributed by atoms with Gasteiger partial charge >= 0.3 is 0 Å². The number of carbonyl (C=O) groups excluding carboxylic acids is 1. The number of nitro groups is 1. The number of thiazole rings is 1. The molecule has 0 aliphatic heterocycles. The fourth-order valence-electron chi connectivity index (χ4n) is 4.12. The fraction of sp³-hybridized carbons (Fsp3) is 0.552. The molecule has 3 aromatic rings. The monoisotopic (exact) mass is 587 g/mol. The van der Waals surface area contributed by atoms with Gasteiger partial charge < -0.3 is 14.6 Å². The molecule has 1 amide bonds.